The van der Waals surface area contributed by atoms with Gasteiger partial charge in [0, 0.05) is 41.4 Å². The largest absolute Gasteiger partial charge is 0.383 e. The molecule has 9 heteroatoms. The molecule has 0 fully saturated rings. The first kappa shape index (κ1) is 23.1. The van der Waals surface area contributed by atoms with Crippen LogP contribution in [0.15, 0.2) is 72.8 Å². The lowest BCUT2D eigenvalue weighted by atomic mass is 9.91. The van der Waals surface area contributed by atoms with E-state index >= 15 is 0 Å². The zero-order chi connectivity index (χ0) is 25.2. The van der Waals surface area contributed by atoms with E-state index < -0.39 is 0 Å². The van der Waals surface area contributed by atoms with Crippen LogP contribution >= 0.6 is 0 Å². The molecule has 5 rings (SSSR count). The summed E-state index contributed by atoms with van der Waals surface area (Å²) in [5, 5.41) is 11.5. The van der Waals surface area contributed by atoms with E-state index in [4.69, 9.17) is 16.1 Å². The molecule has 5 N–H and O–H groups in total. The van der Waals surface area contributed by atoms with Gasteiger partial charge >= 0.3 is 0 Å². The van der Waals surface area contributed by atoms with Crippen LogP contribution in [0, 0.1) is 5.41 Å². The van der Waals surface area contributed by atoms with Crippen LogP contribution in [-0.4, -0.2) is 31.6 Å². The molecule has 180 valence electrons. The van der Waals surface area contributed by atoms with Crippen molar-refractivity contribution in [2.75, 3.05) is 11.1 Å². The summed E-state index contributed by atoms with van der Waals surface area (Å²) in [6, 6.07) is 11.1. The summed E-state index contributed by atoms with van der Waals surface area (Å²) < 4.78 is 13.4. The average molecular weight is 482 g/mol. The Morgan fingerprint density at radius 2 is 2.06 bits per heavy atom. The van der Waals surface area contributed by atoms with E-state index in [1.165, 1.54) is 6.08 Å². The minimum absolute atomic E-state index is 0.00572. The van der Waals surface area contributed by atoms with Gasteiger partial charge in [0.2, 0.25) is 5.91 Å². The number of nitrogen functional groups attached to an aromatic ring is 1. The number of halogens is 1. The number of benzene rings is 1. The minimum Gasteiger partial charge on any atom is -0.383 e. The molecule has 0 saturated carbocycles. The number of allylic oxidation sites excluding steroid dienone is 4. The molecule has 3 heterocycles. The number of aromatic amines is 1. The Bertz CT molecular complexity index is 1540. The maximum absolute atomic E-state index is 13.4. The highest BCUT2D eigenvalue weighted by Gasteiger charge is 2.20. The SMILES string of the molecule is CCC(=O)Nc1ccc(-c2cnc(N)c(C(=N)c3nc4c(C5C=CC(F)=CC5)cccc4[nH]3)c2)cn1. The number of hydrogen-bond acceptors (Lipinski definition) is 6. The number of nitrogens with zero attached hydrogens (tertiary/aromatic N) is 3. The van der Waals surface area contributed by atoms with Gasteiger partial charge in [-0.15, -0.1) is 0 Å². The number of nitrogens with two attached hydrogens (primary N) is 1. The van der Waals surface area contributed by atoms with Crippen molar-refractivity contribution in [3.05, 3.63) is 89.8 Å². The Morgan fingerprint density at radius 1 is 1.22 bits per heavy atom. The van der Waals surface area contributed by atoms with E-state index in [0.717, 1.165) is 27.7 Å². The van der Waals surface area contributed by atoms with Gasteiger partial charge in [-0.05, 0) is 48.4 Å². The van der Waals surface area contributed by atoms with Crippen LogP contribution in [-0.2, 0) is 4.79 Å². The molecule has 8 nitrogen and oxygen atoms in total. The topological polar surface area (TPSA) is 133 Å². The highest BCUT2D eigenvalue weighted by Crippen LogP contribution is 2.32. The maximum atomic E-state index is 13.4. The number of aromatic nitrogens is 4. The fraction of sp³-hybridized carbons (Fsp3) is 0.148. The number of carbonyl (C=O) groups is 1. The fourth-order valence-corrected chi connectivity index (χ4v) is 4.13. The second kappa shape index (κ2) is 9.53. The molecule has 1 aromatic carbocycles. The molecule has 0 spiro atoms. The number of nitrogens with one attached hydrogen (secondary N) is 3. The third kappa shape index (κ3) is 4.50. The number of amides is 1. The predicted octanol–water partition coefficient (Wildman–Crippen LogP) is 5.26. The molecule has 1 aliphatic rings. The lowest BCUT2D eigenvalue weighted by Crippen LogP contribution is -2.10. The number of anilines is 2. The molecular formula is C27H24FN7O. The Balaban J connectivity index is 1.45. The summed E-state index contributed by atoms with van der Waals surface area (Å²) in [4.78, 5) is 28.1. The number of rotatable bonds is 6. The third-order valence-corrected chi connectivity index (χ3v) is 6.11. The first-order valence-corrected chi connectivity index (χ1v) is 11.6. The first-order chi connectivity index (χ1) is 17.4. The number of fused-ring (bicyclic) bond motifs is 1. The standard InChI is InChI=1S/C27H24FN7O/c1-2-23(36)34-22-11-8-16(13-31-22)17-12-20(26(30)32-14-17)24(29)27-33-21-5-3-4-19(25(21)35-27)15-6-9-18(28)10-7-15/h3-6,8-15,29H,2,7H2,1H3,(H2,30,32)(H,33,35)(H,31,34,36). The van der Waals surface area contributed by atoms with Gasteiger partial charge in [0.1, 0.15) is 23.2 Å². The Labute approximate surface area is 206 Å². The van der Waals surface area contributed by atoms with E-state index in [0.29, 0.717) is 30.0 Å². The molecule has 4 aromatic rings. The van der Waals surface area contributed by atoms with Crippen molar-refractivity contribution in [1.82, 2.24) is 19.9 Å². The smallest absolute Gasteiger partial charge is 0.225 e. The summed E-state index contributed by atoms with van der Waals surface area (Å²) in [6.07, 6.45) is 9.04. The zero-order valence-electron chi connectivity index (χ0n) is 19.5. The summed E-state index contributed by atoms with van der Waals surface area (Å²) >= 11 is 0. The second-order valence-corrected chi connectivity index (χ2v) is 8.48. The van der Waals surface area contributed by atoms with Gasteiger partial charge in [-0.2, -0.15) is 0 Å². The molecule has 1 atom stereocenters. The van der Waals surface area contributed by atoms with Crippen LogP contribution in [0.25, 0.3) is 22.2 Å². The van der Waals surface area contributed by atoms with Crippen molar-refractivity contribution in [1.29, 1.82) is 5.41 Å². The molecule has 1 unspecified atom stereocenters. The van der Waals surface area contributed by atoms with Gasteiger partial charge in [-0.1, -0.05) is 25.1 Å². The maximum Gasteiger partial charge on any atom is 0.225 e. The van der Waals surface area contributed by atoms with Crippen molar-refractivity contribution < 1.29 is 9.18 Å². The van der Waals surface area contributed by atoms with Crippen molar-refractivity contribution in [3.8, 4) is 11.1 Å². The molecule has 0 bridgehead atoms. The zero-order valence-corrected chi connectivity index (χ0v) is 19.5. The van der Waals surface area contributed by atoms with Crippen LogP contribution in [0.3, 0.4) is 0 Å². The van der Waals surface area contributed by atoms with Crippen molar-refractivity contribution in [2.24, 2.45) is 0 Å². The van der Waals surface area contributed by atoms with Gasteiger partial charge in [-0.3, -0.25) is 10.2 Å². The van der Waals surface area contributed by atoms with E-state index in [9.17, 15) is 9.18 Å². The molecule has 3 aromatic heterocycles. The van der Waals surface area contributed by atoms with Crippen LogP contribution in [0.5, 0.6) is 0 Å². The summed E-state index contributed by atoms with van der Waals surface area (Å²) in [5.74, 6) is 0.691. The van der Waals surface area contributed by atoms with Crippen LogP contribution < -0.4 is 11.1 Å². The van der Waals surface area contributed by atoms with Gasteiger partial charge in [-0.25, -0.2) is 19.3 Å². The molecule has 36 heavy (non-hydrogen) atoms. The molecular weight excluding hydrogens is 457 g/mol. The fourth-order valence-electron chi connectivity index (χ4n) is 4.13. The van der Waals surface area contributed by atoms with Crippen LogP contribution in [0.1, 0.15) is 42.6 Å². The van der Waals surface area contributed by atoms with Gasteiger partial charge in [0.05, 0.1) is 11.0 Å². The Hall–Kier alpha value is -4.66. The first-order valence-electron chi connectivity index (χ1n) is 11.6. The summed E-state index contributed by atoms with van der Waals surface area (Å²) in [6.45, 7) is 1.77. The highest BCUT2D eigenvalue weighted by atomic mass is 19.1. The van der Waals surface area contributed by atoms with Gasteiger partial charge in [0.25, 0.3) is 0 Å². The minimum atomic E-state index is -0.235. The lowest BCUT2D eigenvalue weighted by Gasteiger charge is -2.14. The molecule has 0 radical (unpaired) electrons. The number of carbonyl (C=O) groups excluding carboxylic acids is 1. The Morgan fingerprint density at radius 3 is 2.78 bits per heavy atom. The quantitative estimate of drug-likeness (QED) is 0.279. The number of pyridine rings is 2. The molecule has 0 saturated heterocycles. The van der Waals surface area contributed by atoms with Crippen molar-refractivity contribution in [2.45, 2.75) is 25.7 Å². The highest BCUT2D eigenvalue weighted by molar-refractivity contribution is 6.13. The number of H-pyrrole nitrogens is 1. The predicted molar refractivity (Wildman–Crippen MR) is 139 cm³/mol. The van der Waals surface area contributed by atoms with E-state index in [2.05, 4.69) is 20.3 Å². The number of para-hydroxylation sites is 1. The number of imidazole rings is 1. The normalized spacial score (nSPS) is 15.1. The van der Waals surface area contributed by atoms with Gasteiger partial charge < -0.3 is 16.0 Å². The lowest BCUT2D eigenvalue weighted by molar-refractivity contribution is -0.115. The van der Waals surface area contributed by atoms with E-state index in [-0.39, 0.29) is 29.2 Å². The van der Waals surface area contributed by atoms with Crippen molar-refractivity contribution in [3.63, 3.8) is 0 Å². The average Bonchev–Trinajstić information content (AvgIpc) is 3.34. The van der Waals surface area contributed by atoms with E-state index in [1.54, 1.807) is 37.5 Å². The van der Waals surface area contributed by atoms with E-state index in [1.807, 2.05) is 30.3 Å². The second-order valence-electron chi connectivity index (χ2n) is 8.48. The molecule has 0 aliphatic heterocycles. The monoisotopic (exact) mass is 481 g/mol. The van der Waals surface area contributed by atoms with Crippen molar-refractivity contribution >= 4 is 34.3 Å². The Kier molecular flexibility index (Phi) is 6.12. The van der Waals surface area contributed by atoms with Crippen LogP contribution in [0.4, 0.5) is 16.0 Å². The van der Waals surface area contributed by atoms with Crippen LogP contribution in [0.2, 0.25) is 0 Å². The van der Waals surface area contributed by atoms with Gasteiger partial charge in [0.15, 0.2) is 5.82 Å². The molecule has 1 amide bonds. The molecule has 1 aliphatic carbocycles. The summed E-state index contributed by atoms with van der Waals surface area (Å²) in [5.41, 5.74) is 10.7. The number of hydrogen-bond donors (Lipinski definition) is 4. The third-order valence-electron chi connectivity index (χ3n) is 6.11. The summed E-state index contributed by atoms with van der Waals surface area (Å²) in [7, 11) is 0.